The number of benzene rings is 1. The molecule has 2 aliphatic rings. The molecule has 0 radical (unpaired) electrons. The summed E-state index contributed by atoms with van der Waals surface area (Å²) in [5.74, 6) is 0.228. The van der Waals surface area contributed by atoms with Crippen molar-refractivity contribution < 1.29 is 14.7 Å². The maximum atomic E-state index is 11.8. The Kier molecular flexibility index (Phi) is 4.46. The minimum Gasteiger partial charge on any atom is -0.465 e. The summed E-state index contributed by atoms with van der Waals surface area (Å²) in [5, 5.41) is 12.8. The maximum Gasteiger partial charge on any atom is 0.407 e. The fourth-order valence-electron chi connectivity index (χ4n) is 2.72. The van der Waals surface area contributed by atoms with Crippen molar-refractivity contribution in [1.82, 2.24) is 14.9 Å². The number of carbonyl (C=O) groups excluding carboxylic acids is 1. The molecule has 1 aromatic heterocycles. The lowest BCUT2D eigenvalue weighted by Gasteiger charge is -2.09. The van der Waals surface area contributed by atoms with Crippen LogP contribution in [0.25, 0.3) is 0 Å². The van der Waals surface area contributed by atoms with Crippen LogP contribution in [0, 0.1) is 5.92 Å². The summed E-state index contributed by atoms with van der Waals surface area (Å²) in [5.41, 5.74) is 2.19. The lowest BCUT2D eigenvalue weighted by atomic mass is 10.3. The third-order valence-electron chi connectivity index (χ3n) is 4.27. The molecule has 1 fully saturated rings. The van der Waals surface area contributed by atoms with E-state index in [1.807, 2.05) is 24.3 Å². The van der Waals surface area contributed by atoms with Crippen LogP contribution < -0.4 is 5.32 Å². The molecule has 2 N–H and O–H groups in total. The van der Waals surface area contributed by atoms with Gasteiger partial charge < -0.3 is 10.4 Å². The molecule has 2 heterocycles. The van der Waals surface area contributed by atoms with Gasteiger partial charge in [0.15, 0.2) is 0 Å². The van der Waals surface area contributed by atoms with Gasteiger partial charge in [-0.05, 0) is 48.7 Å². The summed E-state index contributed by atoms with van der Waals surface area (Å²) in [6.45, 7) is 0.465. The van der Waals surface area contributed by atoms with Gasteiger partial charge in [-0.2, -0.15) is 0 Å². The second-order valence-corrected chi connectivity index (χ2v) is 7.65. The van der Waals surface area contributed by atoms with Crippen molar-refractivity contribution in [2.24, 2.45) is 5.92 Å². The van der Waals surface area contributed by atoms with Gasteiger partial charge in [0.05, 0.1) is 18.8 Å². The van der Waals surface area contributed by atoms with E-state index in [0.29, 0.717) is 10.7 Å². The van der Waals surface area contributed by atoms with Crippen molar-refractivity contribution in [2.75, 3.05) is 5.32 Å². The monoisotopic (exact) mass is 390 g/mol. The van der Waals surface area contributed by atoms with Crippen molar-refractivity contribution in [1.29, 1.82) is 0 Å². The van der Waals surface area contributed by atoms with Crippen LogP contribution >= 0.6 is 23.4 Å². The zero-order valence-electron chi connectivity index (χ0n) is 13.6. The normalized spacial score (nSPS) is 15.7. The average molecular weight is 391 g/mol. The predicted octanol–water partition coefficient (Wildman–Crippen LogP) is 3.62. The van der Waals surface area contributed by atoms with Gasteiger partial charge in [-0.3, -0.25) is 9.69 Å². The molecule has 0 atom stereocenters. The number of fused-ring (bicyclic) bond motifs is 1. The number of hydrogen-bond donors (Lipinski definition) is 2. The highest BCUT2D eigenvalue weighted by molar-refractivity contribution is 7.99. The molecule has 0 bridgehead atoms. The van der Waals surface area contributed by atoms with E-state index in [4.69, 9.17) is 11.6 Å². The Balaban J connectivity index is 1.51. The van der Waals surface area contributed by atoms with E-state index in [-0.39, 0.29) is 30.2 Å². The second kappa shape index (κ2) is 6.77. The Bertz CT molecular complexity index is 886. The Hall–Kier alpha value is -2.32. The fraction of sp³-hybridized carbons (Fsp3) is 0.294. The molecule has 4 rings (SSSR count). The van der Waals surface area contributed by atoms with Gasteiger partial charge in [-0.25, -0.2) is 14.8 Å². The number of nitrogens with zero attached hydrogens (tertiary/aromatic N) is 3. The third-order valence-corrected chi connectivity index (χ3v) is 5.48. The molecular formula is C17H15ClN4O3S. The SMILES string of the molecule is O=C(Nc1ccc(Sc2nc(Cl)nc3c2CN(C(=O)O)C3)cc1)C1CC1. The van der Waals surface area contributed by atoms with Crippen LogP contribution in [-0.4, -0.2) is 32.0 Å². The quantitative estimate of drug-likeness (QED) is 0.611. The number of halogens is 1. The highest BCUT2D eigenvalue weighted by atomic mass is 35.5. The number of aromatic nitrogens is 2. The first-order valence-corrected chi connectivity index (χ1v) is 9.31. The first-order chi connectivity index (χ1) is 12.5. The largest absolute Gasteiger partial charge is 0.465 e. The predicted molar refractivity (Wildman–Crippen MR) is 96.2 cm³/mol. The summed E-state index contributed by atoms with van der Waals surface area (Å²) in [7, 11) is 0. The molecular weight excluding hydrogens is 376 g/mol. The van der Waals surface area contributed by atoms with Crippen molar-refractivity contribution >= 4 is 41.1 Å². The van der Waals surface area contributed by atoms with Crippen LogP contribution in [0.5, 0.6) is 0 Å². The van der Waals surface area contributed by atoms with Crippen LogP contribution in [0.1, 0.15) is 24.1 Å². The van der Waals surface area contributed by atoms with E-state index < -0.39 is 6.09 Å². The summed E-state index contributed by atoms with van der Waals surface area (Å²) in [6.07, 6.45) is 0.935. The molecule has 1 aromatic carbocycles. The van der Waals surface area contributed by atoms with E-state index in [2.05, 4.69) is 15.3 Å². The van der Waals surface area contributed by atoms with Gasteiger partial charge in [0.25, 0.3) is 0 Å². The summed E-state index contributed by atoms with van der Waals surface area (Å²) in [6, 6.07) is 7.46. The summed E-state index contributed by atoms with van der Waals surface area (Å²) < 4.78 is 0. The molecule has 26 heavy (non-hydrogen) atoms. The molecule has 1 aliphatic carbocycles. The zero-order chi connectivity index (χ0) is 18.3. The Morgan fingerprint density at radius 1 is 1.19 bits per heavy atom. The van der Waals surface area contributed by atoms with Gasteiger partial charge in [-0.1, -0.05) is 11.8 Å². The molecule has 7 nitrogen and oxygen atoms in total. The minimum absolute atomic E-state index is 0.0690. The van der Waals surface area contributed by atoms with Gasteiger partial charge in [0, 0.05) is 22.1 Å². The molecule has 134 valence electrons. The molecule has 0 unspecified atom stereocenters. The van der Waals surface area contributed by atoms with E-state index in [0.717, 1.165) is 29.0 Å². The number of amides is 2. The molecule has 1 aliphatic heterocycles. The van der Waals surface area contributed by atoms with Gasteiger partial charge in [0.2, 0.25) is 11.2 Å². The highest BCUT2D eigenvalue weighted by Gasteiger charge is 2.30. The molecule has 1 saturated carbocycles. The number of carboxylic acid groups (broad SMARTS) is 1. The topological polar surface area (TPSA) is 95.4 Å². The van der Waals surface area contributed by atoms with Crippen LogP contribution in [0.2, 0.25) is 5.28 Å². The van der Waals surface area contributed by atoms with Crippen molar-refractivity contribution in [3.8, 4) is 0 Å². The lowest BCUT2D eigenvalue weighted by molar-refractivity contribution is -0.117. The smallest absolute Gasteiger partial charge is 0.407 e. The van der Waals surface area contributed by atoms with Crippen LogP contribution in [0.15, 0.2) is 34.2 Å². The molecule has 9 heteroatoms. The van der Waals surface area contributed by atoms with Crippen LogP contribution in [-0.2, 0) is 17.9 Å². The van der Waals surface area contributed by atoms with Crippen molar-refractivity contribution in [2.45, 2.75) is 35.9 Å². The molecule has 2 aromatic rings. The summed E-state index contributed by atoms with van der Waals surface area (Å²) in [4.78, 5) is 33.6. The van der Waals surface area contributed by atoms with E-state index in [1.165, 1.54) is 16.7 Å². The standard InChI is InChI=1S/C17H15ClN4O3S/c18-16-20-13-8-22(17(24)25)7-12(13)15(21-16)26-11-5-3-10(4-6-11)19-14(23)9-1-2-9/h3-6,9H,1-2,7-8H2,(H,19,23)(H,24,25). The Labute approximate surface area is 158 Å². The number of anilines is 1. The van der Waals surface area contributed by atoms with Crippen LogP contribution in [0.3, 0.4) is 0 Å². The third kappa shape index (κ3) is 3.61. The first-order valence-electron chi connectivity index (χ1n) is 8.11. The Morgan fingerprint density at radius 2 is 1.92 bits per heavy atom. The Morgan fingerprint density at radius 3 is 2.58 bits per heavy atom. The van der Waals surface area contributed by atoms with Gasteiger partial charge in [0.1, 0.15) is 5.03 Å². The molecule has 2 amide bonds. The lowest BCUT2D eigenvalue weighted by Crippen LogP contribution is -2.22. The first kappa shape index (κ1) is 17.1. The van der Waals surface area contributed by atoms with Crippen molar-refractivity contribution in [3.05, 3.63) is 40.8 Å². The fourth-order valence-corrected chi connectivity index (χ4v) is 3.89. The average Bonchev–Trinajstić information content (AvgIpc) is 3.36. The molecule has 0 saturated heterocycles. The minimum atomic E-state index is -0.995. The number of nitrogens with one attached hydrogen (secondary N) is 1. The number of carbonyl (C=O) groups is 2. The van der Waals surface area contributed by atoms with Gasteiger partial charge in [-0.15, -0.1) is 0 Å². The zero-order valence-corrected chi connectivity index (χ0v) is 15.2. The van der Waals surface area contributed by atoms with Crippen LogP contribution in [0.4, 0.5) is 10.5 Å². The summed E-state index contributed by atoms with van der Waals surface area (Å²) >= 11 is 7.39. The second-order valence-electron chi connectivity index (χ2n) is 6.25. The number of rotatable bonds is 4. The van der Waals surface area contributed by atoms with E-state index >= 15 is 0 Å². The highest BCUT2D eigenvalue weighted by Crippen LogP contribution is 2.35. The van der Waals surface area contributed by atoms with E-state index in [9.17, 15) is 14.7 Å². The number of hydrogen-bond acceptors (Lipinski definition) is 5. The maximum absolute atomic E-state index is 11.8. The molecule has 0 spiro atoms. The van der Waals surface area contributed by atoms with Crippen molar-refractivity contribution in [3.63, 3.8) is 0 Å². The van der Waals surface area contributed by atoms with E-state index in [1.54, 1.807) is 0 Å². The van der Waals surface area contributed by atoms with Gasteiger partial charge >= 0.3 is 6.09 Å².